The number of carbonyl (C=O) groups is 1. The molecule has 0 unspecified atom stereocenters. The standard InChI is InChI=1S/C12H14N6O3/c13-16-9-1-2-11(18(20)21)10(7-9)12(19)15-4-6-17-5-3-14-8-17/h1-3,5,7-8,16H,4,6,13H2,(H,15,19). The molecule has 2 rings (SSSR count). The van der Waals surface area contributed by atoms with Crippen molar-refractivity contribution in [2.75, 3.05) is 12.0 Å². The largest absolute Gasteiger partial charge is 0.350 e. The molecule has 0 radical (unpaired) electrons. The van der Waals surface area contributed by atoms with Crippen LogP contribution < -0.4 is 16.6 Å². The zero-order valence-corrected chi connectivity index (χ0v) is 11.0. The van der Waals surface area contributed by atoms with Crippen molar-refractivity contribution in [1.29, 1.82) is 0 Å². The van der Waals surface area contributed by atoms with Crippen LogP contribution in [0, 0.1) is 10.1 Å². The number of benzene rings is 1. The monoisotopic (exact) mass is 290 g/mol. The second kappa shape index (κ2) is 6.48. The molecule has 0 saturated heterocycles. The molecule has 9 nitrogen and oxygen atoms in total. The van der Waals surface area contributed by atoms with E-state index in [1.807, 2.05) is 0 Å². The molecule has 0 fully saturated rings. The average Bonchev–Trinajstić information content (AvgIpc) is 2.99. The first kappa shape index (κ1) is 14.5. The van der Waals surface area contributed by atoms with Gasteiger partial charge >= 0.3 is 0 Å². The summed E-state index contributed by atoms with van der Waals surface area (Å²) < 4.78 is 1.78. The highest BCUT2D eigenvalue weighted by atomic mass is 16.6. The van der Waals surface area contributed by atoms with Crippen LogP contribution in [0.5, 0.6) is 0 Å². The molecule has 2 aromatic rings. The summed E-state index contributed by atoms with van der Waals surface area (Å²) in [4.78, 5) is 26.3. The summed E-state index contributed by atoms with van der Waals surface area (Å²) in [6.45, 7) is 0.848. The normalized spacial score (nSPS) is 10.1. The summed E-state index contributed by atoms with van der Waals surface area (Å²) >= 11 is 0. The Bertz CT molecular complexity index is 640. The Morgan fingerprint density at radius 1 is 1.48 bits per heavy atom. The van der Waals surface area contributed by atoms with Crippen LogP contribution in [0.2, 0.25) is 0 Å². The molecule has 1 aromatic carbocycles. The van der Waals surface area contributed by atoms with E-state index in [0.717, 1.165) is 0 Å². The molecule has 1 heterocycles. The molecule has 9 heteroatoms. The van der Waals surface area contributed by atoms with Crippen molar-refractivity contribution in [3.8, 4) is 0 Å². The third-order valence-corrected chi connectivity index (χ3v) is 2.82. The Morgan fingerprint density at radius 3 is 2.90 bits per heavy atom. The maximum Gasteiger partial charge on any atom is 0.282 e. The number of nitrogens with two attached hydrogens (primary N) is 1. The number of aromatic nitrogens is 2. The van der Waals surface area contributed by atoms with E-state index in [0.29, 0.717) is 18.8 Å². The highest BCUT2D eigenvalue weighted by Crippen LogP contribution is 2.22. The van der Waals surface area contributed by atoms with Gasteiger partial charge in [0, 0.05) is 37.2 Å². The number of hydrogen-bond acceptors (Lipinski definition) is 6. The number of hydrogen-bond donors (Lipinski definition) is 3. The molecule has 0 bridgehead atoms. The van der Waals surface area contributed by atoms with Gasteiger partial charge in [-0.15, -0.1) is 0 Å². The fraction of sp³-hybridized carbons (Fsp3) is 0.167. The number of nitrogen functional groups attached to an aromatic ring is 1. The van der Waals surface area contributed by atoms with E-state index in [1.54, 1.807) is 23.3 Å². The number of nitrogens with zero attached hydrogens (tertiary/aromatic N) is 3. The zero-order chi connectivity index (χ0) is 15.2. The van der Waals surface area contributed by atoms with Crippen molar-refractivity contribution in [2.24, 2.45) is 5.84 Å². The summed E-state index contributed by atoms with van der Waals surface area (Å²) in [5.41, 5.74) is 2.46. The number of carbonyl (C=O) groups excluding carboxylic acids is 1. The van der Waals surface area contributed by atoms with Crippen LogP contribution in [0.3, 0.4) is 0 Å². The lowest BCUT2D eigenvalue weighted by Crippen LogP contribution is -2.27. The second-order valence-corrected chi connectivity index (χ2v) is 4.19. The molecule has 0 aliphatic heterocycles. The number of anilines is 1. The lowest BCUT2D eigenvalue weighted by Gasteiger charge is -2.08. The maximum atomic E-state index is 12.1. The third-order valence-electron chi connectivity index (χ3n) is 2.82. The fourth-order valence-corrected chi connectivity index (χ4v) is 1.78. The summed E-state index contributed by atoms with van der Waals surface area (Å²) in [5.74, 6) is 4.72. The Labute approximate surface area is 119 Å². The van der Waals surface area contributed by atoms with Gasteiger partial charge < -0.3 is 15.3 Å². The minimum absolute atomic E-state index is 0.0407. The Hall–Kier alpha value is -2.94. The Balaban J connectivity index is 2.08. The average molecular weight is 290 g/mol. The number of nitro groups is 1. The first-order valence-electron chi connectivity index (χ1n) is 6.11. The van der Waals surface area contributed by atoms with Crippen molar-refractivity contribution in [2.45, 2.75) is 6.54 Å². The minimum atomic E-state index is -0.606. The first-order chi connectivity index (χ1) is 10.1. The molecule has 4 N–H and O–H groups in total. The van der Waals surface area contributed by atoms with Crippen molar-refractivity contribution in [1.82, 2.24) is 14.9 Å². The number of amides is 1. The van der Waals surface area contributed by atoms with Gasteiger partial charge in [0.1, 0.15) is 5.56 Å². The number of rotatable bonds is 6. The van der Waals surface area contributed by atoms with Gasteiger partial charge in [0.25, 0.3) is 11.6 Å². The minimum Gasteiger partial charge on any atom is -0.350 e. The predicted octanol–water partition coefficient (Wildman–Crippen LogP) is 0.507. The molecule has 1 aromatic heterocycles. The topological polar surface area (TPSA) is 128 Å². The summed E-state index contributed by atoms with van der Waals surface area (Å²) in [5, 5.41) is 13.6. The maximum absolute atomic E-state index is 12.1. The van der Waals surface area contributed by atoms with Crippen LogP contribution in [0.15, 0.2) is 36.9 Å². The molecule has 21 heavy (non-hydrogen) atoms. The summed E-state index contributed by atoms with van der Waals surface area (Å²) in [6.07, 6.45) is 5.00. The highest BCUT2D eigenvalue weighted by Gasteiger charge is 2.20. The van der Waals surface area contributed by atoms with Crippen LogP contribution >= 0.6 is 0 Å². The van der Waals surface area contributed by atoms with Crippen LogP contribution in [-0.2, 0) is 6.54 Å². The van der Waals surface area contributed by atoms with Crippen molar-refractivity contribution < 1.29 is 9.72 Å². The third kappa shape index (κ3) is 3.54. The fourth-order valence-electron chi connectivity index (χ4n) is 1.78. The first-order valence-corrected chi connectivity index (χ1v) is 6.11. The van der Waals surface area contributed by atoms with Crippen molar-refractivity contribution in [3.05, 3.63) is 52.6 Å². The summed E-state index contributed by atoms with van der Waals surface area (Å²) in [6, 6.07) is 4.01. The van der Waals surface area contributed by atoms with Gasteiger partial charge in [-0.3, -0.25) is 20.8 Å². The smallest absolute Gasteiger partial charge is 0.282 e. The molecule has 0 aliphatic carbocycles. The van der Waals surface area contributed by atoms with Crippen LogP contribution in [0.1, 0.15) is 10.4 Å². The van der Waals surface area contributed by atoms with E-state index >= 15 is 0 Å². The van der Waals surface area contributed by atoms with Gasteiger partial charge in [-0.1, -0.05) is 0 Å². The Kier molecular flexibility index (Phi) is 4.46. The SMILES string of the molecule is NNc1ccc([N+](=O)[O-])c(C(=O)NCCn2ccnc2)c1. The van der Waals surface area contributed by atoms with Crippen molar-refractivity contribution >= 4 is 17.3 Å². The van der Waals surface area contributed by atoms with Gasteiger partial charge in [0.2, 0.25) is 0 Å². The van der Waals surface area contributed by atoms with Crippen LogP contribution in [-0.4, -0.2) is 26.9 Å². The van der Waals surface area contributed by atoms with Gasteiger partial charge in [0.05, 0.1) is 11.3 Å². The molecule has 0 saturated carbocycles. The van der Waals surface area contributed by atoms with E-state index in [9.17, 15) is 14.9 Å². The number of nitrogens with one attached hydrogen (secondary N) is 2. The number of hydrazine groups is 1. The van der Waals surface area contributed by atoms with Gasteiger partial charge in [0.15, 0.2) is 0 Å². The van der Waals surface area contributed by atoms with Gasteiger partial charge in [-0.25, -0.2) is 4.98 Å². The zero-order valence-electron chi connectivity index (χ0n) is 11.0. The molecular formula is C12H14N6O3. The molecule has 0 aliphatic rings. The molecule has 0 spiro atoms. The van der Waals surface area contributed by atoms with Crippen molar-refractivity contribution in [3.63, 3.8) is 0 Å². The van der Waals surface area contributed by atoms with Crippen LogP contribution in [0.25, 0.3) is 0 Å². The van der Waals surface area contributed by atoms with Crippen LogP contribution in [0.4, 0.5) is 11.4 Å². The van der Waals surface area contributed by atoms with Gasteiger partial charge in [-0.2, -0.15) is 0 Å². The van der Waals surface area contributed by atoms with E-state index in [1.165, 1.54) is 18.2 Å². The molecule has 0 atom stereocenters. The van der Waals surface area contributed by atoms with E-state index in [4.69, 9.17) is 5.84 Å². The second-order valence-electron chi connectivity index (χ2n) is 4.19. The predicted molar refractivity (Wildman–Crippen MR) is 75.5 cm³/mol. The van der Waals surface area contributed by atoms with E-state index in [-0.39, 0.29) is 11.3 Å². The lowest BCUT2D eigenvalue weighted by molar-refractivity contribution is -0.385. The molecule has 110 valence electrons. The van der Waals surface area contributed by atoms with Gasteiger partial charge in [-0.05, 0) is 12.1 Å². The van der Waals surface area contributed by atoms with E-state index < -0.39 is 10.8 Å². The lowest BCUT2D eigenvalue weighted by atomic mass is 10.1. The molecular weight excluding hydrogens is 276 g/mol. The highest BCUT2D eigenvalue weighted by molar-refractivity contribution is 5.99. The Morgan fingerprint density at radius 2 is 2.29 bits per heavy atom. The number of imidazole rings is 1. The molecule has 1 amide bonds. The number of nitro benzene ring substituents is 1. The van der Waals surface area contributed by atoms with E-state index in [2.05, 4.69) is 15.7 Å². The quantitative estimate of drug-likeness (QED) is 0.404. The summed E-state index contributed by atoms with van der Waals surface area (Å²) in [7, 11) is 0.